The van der Waals surface area contributed by atoms with Gasteiger partial charge in [0.05, 0.1) is 5.52 Å². The Hall–Kier alpha value is -2.10. The molecule has 1 aromatic heterocycles. The molecule has 0 atom stereocenters. The number of rotatable bonds is 3. The number of aliphatic carboxylic acids is 1. The Kier molecular flexibility index (Phi) is 2.72. The molecule has 0 bridgehead atoms. The number of pyridine rings is 1. The van der Waals surface area contributed by atoms with Gasteiger partial charge in [0.2, 0.25) is 0 Å². The minimum absolute atomic E-state index is 0.340. The van der Waals surface area contributed by atoms with Crippen molar-refractivity contribution in [1.29, 1.82) is 0 Å². The Morgan fingerprint density at radius 2 is 2.19 bits per heavy atom. The number of benzene rings is 1. The van der Waals surface area contributed by atoms with Crippen molar-refractivity contribution < 1.29 is 14.6 Å². The molecule has 4 heteroatoms. The van der Waals surface area contributed by atoms with Crippen LogP contribution in [0.1, 0.15) is 5.69 Å². The van der Waals surface area contributed by atoms with Gasteiger partial charge in [-0.25, -0.2) is 4.79 Å². The van der Waals surface area contributed by atoms with Gasteiger partial charge in [0.25, 0.3) is 0 Å². The molecule has 0 fully saturated rings. The summed E-state index contributed by atoms with van der Waals surface area (Å²) in [4.78, 5) is 14.8. The lowest BCUT2D eigenvalue weighted by Crippen LogP contribution is -2.09. The van der Waals surface area contributed by atoms with Crippen LogP contribution < -0.4 is 4.74 Å². The molecule has 2 aromatic rings. The lowest BCUT2D eigenvalue weighted by molar-refractivity contribution is -0.139. The normalized spacial score (nSPS) is 10.3. The first-order valence-corrected chi connectivity index (χ1v) is 4.88. The fourth-order valence-corrected chi connectivity index (χ4v) is 1.49. The van der Waals surface area contributed by atoms with Gasteiger partial charge >= 0.3 is 5.97 Å². The van der Waals surface area contributed by atoms with Crippen molar-refractivity contribution in [1.82, 2.24) is 4.98 Å². The molecule has 1 N–H and O–H groups in total. The van der Waals surface area contributed by atoms with E-state index in [1.807, 2.05) is 25.1 Å². The fraction of sp³-hybridized carbons (Fsp3) is 0.167. The lowest BCUT2D eigenvalue weighted by Gasteiger charge is -2.06. The van der Waals surface area contributed by atoms with Crippen molar-refractivity contribution in [2.75, 3.05) is 6.61 Å². The van der Waals surface area contributed by atoms with Crippen LogP contribution in [0.3, 0.4) is 0 Å². The quantitative estimate of drug-likeness (QED) is 0.854. The number of hydrogen-bond donors (Lipinski definition) is 1. The zero-order chi connectivity index (χ0) is 11.5. The maximum absolute atomic E-state index is 10.4. The smallest absolute Gasteiger partial charge is 0.341 e. The number of carbonyl (C=O) groups is 1. The molecule has 0 aliphatic carbocycles. The Bertz CT molecular complexity index is 537. The van der Waals surface area contributed by atoms with E-state index in [9.17, 15) is 4.79 Å². The third-order valence-corrected chi connectivity index (χ3v) is 2.18. The standard InChI is InChI=1S/C12H11NO3/c1-8-5-6-9-10(13-8)3-2-4-11(9)16-7-12(14)15/h2-6H,7H2,1H3,(H,14,15). The predicted octanol–water partition coefficient (Wildman–Crippen LogP) is 2.01. The van der Waals surface area contributed by atoms with E-state index in [-0.39, 0.29) is 6.61 Å². The SMILES string of the molecule is Cc1ccc2c(OCC(=O)O)cccc2n1. The molecule has 1 aromatic carbocycles. The molecule has 0 saturated heterocycles. The Morgan fingerprint density at radius 3 is 2.94 bits per heavy atom. The van der Waals surface area contributed by atoms with Crippen molar-refractivity contribution in [2.45, 2.75) is 6.92 Å². The summed E-state index contributed by atoms with van der Waals surface area (Å²) in [5, 5.41) is 9.38. The van der Waals surface area contributed by atoms with Crippen LogP contribution >= 0.6 is 0 Å². The van der Waals surface area contributed by atoms with Gasteiger partial charge in [0.15, 0.2) is 6.61 Å². The molecule has 0 radical (unpaired) electrons. The number of aryl methyl sites for hydroxylation is 1. The lowest BCUT2D eigenvalue weighted by atomic mass is 10.2. The highest BCUT2D eigenvalue weighted by Gasteiger charge is 2.04. The van der Waals surface area contributed by atoms with E-state index in [0.29, 0.717) is 5.75 Å². The van der Waals surface area contributed by atoms with Gasteiger partial charge in [0, 0.05) is 11.1 Å². The first-order chi connectivity index (χ1) is 7.66. The van der Waals surface area contributed by atoms with Crippen LogP contribution in [0, 0.1) is 6.92 Å². The summed E-state index contributed by atoms with van der Waals surface area (Å²) >= 11 is 0. The van der Waals surface area contributed by atoms with E-state index in [4.69, 9.17) is 9.84 Å². The Morgan fingerprint density at radius 1 is 1.38 bits per heavy atom. The van der Waals surface area contributed by atoms with E-state index in [2.05, 4.69) is 4.98 Å². The number of fused-ring (bicyclic) bond motifs is 1. The monoisotopic (exact) mass is 217 g/mol. The molecule has 0 unspecified atom stereocenters. The zero-order valence-electron chi connectivity index (χ0n) is 8.80. The van der Waals surface area contributed by atoms with Gasteiger partial charge in [-0.3, -0.25) is 4.98 Å². The highest BCUT2D eigenvalue weighted by atomic mass is 16.5. The van der Waals surface area contributed by atoms with E-state index < -0.39 is 5.97 Å². The van der Waals surface area contributed by atoms with E-state index in [1.54, 1.807) is 12.1 Å². The fourth-order valence-electron chi connectivity index (χ4n) is 1.49. The van der Waals surface area contributed by atoms with Crippen LogP contribution in [0.5, 0.6) is 5.75 Å². The minimum atomic E-state index is -0.989. The van der Waals surface area contributed by atoms with Crippen LogP contribution in [-0.2, 0) is 4.79 Å². The van der Waals surface area contributed by atoms with Crippen LogP contribution in [0.25, 0.3) is 10.9 Å². The topological polar surface area (TPSA) is 59.4 Å². The molecule has 1 heterocycles. The highest BCUT2D eigenvalue weighted by Crippen LogP contribution is 2.24. The number of nitrogens with zero attached hydrogens (tertiary/aromatic N) is 1. The van der Waals surface area contributed by atoms with Crippen molar-refractivity contribution in [3.63, 3.8) is 0 Å². The summed E-state index contributed by atoms with van der Waals surface area (Å²) in [6, 6.07) is 9.16. The number of carboxylic acid groups (broad SMARTS) is 1. The first kappa shape index (κ1) is 10.4. The van der Waals surface area contributed by atoms with Crippen LogP contribution in [-0.4, -0.2) is 22.7 Å². The summed E-state index contributed by atoms with van der Waals surface area (Å²) in [5.41, 5.74) is 1.73. The van der Waals surface area contributed by atoms with E-state index in [1.165, 1.54) is 0 Å². The van der Waals surface area contributed by atoms with Gasteiger partial charge in [-0.2, -0.15) is 0 Å². The largest absolute Gasteiger partial charge is 0.481 e. The third-order valence-electron chi connectivity index (χ3n) is 2.18. The molecule has 82 valence electrons. The molecule has 2 rings (SSSR count). The van der Waals surface area contributed by atoms with Crippen molar-refractivity contribution in [3.05, 3.63) is 36.0 Å². The molecular formula is C12H11NO3. The summed E-state index contributed by atoms with van der Waals surface area (Å²) in [6.07, 6.45) is 0. The van der Waals surface area contributed by atoms with Gasteiger partial charge in [-0.15, -0.1) is 0 Å². The maximum atomic E-state index is 10.4. The summed E-state index contributed by atoms with van der Waals surface area (Å²) in [5.74, 6) is -0.440. The predicted molar refractivity (Wildman–Crippen MR) is 59.6 cm³/mol. The van der Waals surface area contributed by atoms with Crippen LogP contribution in [0.4, 0.5) is 0 Å². The van der Waals surface area contributed by atoms with Crippen LogP contribution in [0.2, 0.25) is 0 Å². The van der Waals surface area contributed by atoms with E-state index in [0.717, 1.165) is 16.6 Å². The molecule has 0 aliphatic heterocycles. The van der Waals surface area contributed by atoms with E-state index >= 15 is 0 Å². The molecule has 0 amide bonds. The minimum Gasteiger partial charge on any atom is -0.481 e. The number of carboxylic acids is 1. The second-order valence-electron chi connectivity index (χ2n) is 3.46. The molecule has 0 aliphatic rings. The van der Waals surface area contributed by atoms with Crippen molar-refractivity contribution >= 4 is 16.9 Å². The van der Waals surface area contributed by atoms with Crippen molar-refractivity contribution in [3.8, 4) is 5.75 Å². The molecule has 0 spiro atoms. The first-order valence-electron chi connectivity index (χ1n) is 4.88. The Labute approximate surface area is 92.5 Å². The maximum Gasteiger partial charge on any atom is 0.341 e. The number of aromatic nitrogens is 1. The second-order valence-corrected chi connectivity index (χ2v) is 3.46. The molecular weight excluding hydrogens is 206 g/mol. The average molecular weight is 217 g/mol. The summed E-state index contributed by atoms with van der Waals surface area (Å²) in [7, 11) is 0. The number of ether oxygens (including phenoxy) is 1. The Balaban J connectivity index is 2.41. The average Bonchev–Trinajstić information content (AvgIpc) is 2.25. The highest BCUT2D eigenvalue weighted by molar-refractivity contribution is 5.85. The summed E-state index contributed by atoms with van der Waals surface area (Å²) < 4.78 is 5.18. The van der Waals surface area contributed by atoms with Gasteiger partial charge in [-0.05, 0) is 31.2 Å². The summed E-state index contributed by atoms with van der Waals surface area (Å²) in [6.45, 7) is 1.57. The zero-order valence-corrected chi connectivity index (χ0v) is 8.80. The third kappa shape index (κ3) is 2.11. The second kappa shape index (κ2) is 4.18. The van der Waals surface area contributed by atoms with Gasteiger partial charge in [-0.1, -0.05) is 6.07 Å². The molecule has 0 saturated carbocycles. The van der Waals surface area contributed by atoms with Gasteiger partial charge in [0.1, 0.15) is 5.75 Å². The van der Waals surface area contributed by atoms with Crippen LogP contribution in [0.15, 0.2) is 30.3 Å². The molecule has 16 heavy (non-hydrogen) atoms. The number of hydrogen-bond acceptors (Lipinski definition) is 3. The van der Waals surface area contributed by atoms with Crippen molar-refractivity contribution in [2.24, 2.45) is 0 Å². The van der Waals surface area contributed by atoms with Gasteiger partial charge < -0.3 is 9.84 Å². The molecule has 4 nitrogen and oxygen atoms in total.